The molecule has 0 fully saturated rings. The molecule has 0 unspecified atom stereocenters. The van der Waals surface area contributed by atoms with Crippen molar-refractivity contribution in [1.82, 2.24) is 4.98 Å². The fourth-order valence-electron chi connectivity index (χ4n) is 1.80. The quantitative estimate of drug-likeness (QED) is 0.689. The smallest absolute Gasteiger partial charge is 0.338 e. The van der Waals surface area contributed by atoms with Crippen molar-refractivity contribution >= 4 is 27.6 Å². The van der Waals surface area contributed by atoms with E-state index in [2.05, 4.69) is 20.9 Å². The molecule has 5 heteroatoms. The summed E-state index contributed by atoms with van der Waals surface area (Å²) in [7, 11) is 0. The first-order chi connectivity index (χ1) is 9.58. The molecule has 0 aliphatic carbocycles. The van der Waals surface area contributed by atoms with Crippen molar-refractivity contribution in [2.24, 2.45) is 0 Å². The first kappa shape index (κ1) is 14.5. The van der Waals surface area contributed by atoms with Gasteiger partial charge < -0.3 is 10.5 Å². The Balaban J connectivity index is 1.99. The van der Waals surface area contributed by atoms with Gasteiger partial charge in [0.1, 0.15) is 0 Å². The Morgan fingerprint density at radius 3 is 2.95 bits per heavy atom. The molecule has 0 saturated heterocycles. The van der Waals surface area contributed by atoms with Crippen molar-refractivity contribution in [3.63, 3.8) is 0 Å². The van der Waals surface area contributed by atoms with Gasteiger partial charge in [-0.1, -0.05) is 22.0 Å². The van der Waals surface area contributed by atoms with Crippen LogP contribution in [-0.2, 0) is 11.2 Å². The number of carbonyl (C=O) groups is 1. The number of aromatic nitrogens is 1. The maximum Gasteiger partial charge on any atom is 0.338 e. The highest BCUT2D eigenvalue weighted by molar-refractivity contribution is 9.10. The number of pyridine rings is 1. The van der Waals surface area contributed by atoms with Crippen LogP contribution in [0.5, 0.6) is 0 Å². The van der Waals surface area contributed by atoms with E-state index in [-0.39, 0.29) is 5.97 Å². The predicted molar refractivity (Wildman–Crippen MR) is 81.5 cm³/mol. The van der Waals surface area contributed by atoms with Crippen molar-refractivity contribution < 1.29 is 9.53 Å². The summed E-state index contributed by atoms with van der Waals surface area (Å²) < 4.78 is 6.04. The topological polar surface area (TPSA) is 65.2 Å². The summed E-state index contributed by atoms with van der Waals surface area (Å²) in [6.45, 7) is 2.12. The third kappa shape index (κ3) is 3.57. The van der Waals surface area contributed by atoms with Gasteiger partial charge in [0, 0.05) is 29.0 Å². The number of halogens is 1. The molecule has 1 aromatic carbocycles. The number of esters is 1. The number of ether oxygens (including phenoxy) is 1. The van der Waals surface area contributed by atoms with E-state index >= 15 is 0 Å². The number of nitrogens with two attached hydrogens (primary N) is 1. The highest BCUT2D eigenvalue weighted by Crippen LogP contribution is 2.23. The van der Waals surface area contributed by atoms with E-state index in [4.69, 9.17) is 10.5 Å². The van der Waals surface area contributed by atoms with Gasteiger partial charge in [0.25, 0.3) is 0 Å². The zero-order chi connectivity index (χ0) is 14.5. The lowest BCUT2D eigenvalue weighted by Gasteiger charge is -2.09. The Morgan fingerprint density at radius 1 is 1.45 bits per heavy atom. The van der Waals surface area contributed by atoms with E-state index in [0.717, 1.165) is 15.6 Å². The summed E-state index contributed by atoms with van der Waals surface area (Å²) >= 11 is 3.32. The number of hydrogen-bond donors (Lipinski definition) is 1. The summed E-state index contributed by atoms with van der Waals surface area (Å²) in [6.07, 6.45) is 4.11. The zero-order valence-electron chi connectivity index (χ0n) is 11.1. The maximum atomic E-state index is 12.0. The van der Waals surface area contributed by atoms with Crippen LogP contribution in [0.2, 0.25) is 0 Å². The van der Waals surface area contributed by atoms with E-state index < -0.39 is 0 Å². The van der Waals surface area contributed by atoms with Crippen LogP contribution in [0.3, 0.4) is 0 Å². The van der Waals surface area contributed by atoms with Crippen LogP contribution >= 0.6 is 15.9 Å². The Morgan fingerprint density at radius 2 is 2.25 bits per heavy atom. The van der Waals surface area contributed by atoms with Crippen LogP contribution in [0.4, 0.5) is 5.69 Å². The van der Waals surface area contributed by atoms with Crippen LogP contribution in [0.1, 0.15) is 21.5 Å². The monoisotopic (exact) mass is 334 g/mol. The van der Waals surface area contributed by atoms with E-state index in [9.17, 15) is 4.79 Å². The highest BCUT2D eigenvalue weighted by Gasteiger charge is 2.13. The Bertz CT molecular complexity index is 615. The molecular weight excluding hydrogens is 320 g/mol. The zero-order valence-corrected chi connectivity index (χ0v) is 12.7. The van der Waals surface area contributed by atoms with Gasteiger partial charge in [0.15, 0.2) is 0 Å². The number of anilines is 1. The second-order valence-corrected chi connectivity index (χ2v) is 5.33. The third-order valence-corrected chi connectivity index (χ3v) is 3.44. The summed E-state index contributed by atoms with van der Waals surface area (Å²) in [5.41, 5.74) is 8.66. The number of hydrogen-bond acceptors (Lipinski definition) is 4. The largest absolute Gasteiger partial charge is 0.462 e. The number of carbonyl (C=O) groups excluding carboxylic acids is 1. The molecule has 0 radical (unpaired) electrons. The average molecular weight is 335 g/mol. The second kappa shape index (κ2) is 6.52. The number of nitrogens with zero attached hydrogens (tertiary/aromatic N) is 1. The predicted octanol–water partition coefficient (Wildman–Crippen LogP) is 3.13. The van der Waals surface area contributed by atoms with Crippen LogP contribution in [-0.4, -0.2) is 17.6 Å². The molecule has 0 aliphatic rings. The lowest BCUT2D eigenvalue weighted by Crippen LogP contribution is -2.11. The van der Waals surface area contributed by atoms with Gasteiger partial charge in [-0.25, -0.2) is 4.79 Å². The summed E-state index contributed by atoms with van der Waals surface area (Å²) in [5, 5.41) is 0. The molecule has 104 valence electrons. The molecule has 0 saturated carbocycles. The van der Waals surface area contributed by atoms with Crippen molar-refractivity contribution in [3.05, 3.63) is 57.8 Å². The number of benzene rings is 1. The Labute approximate surface area is 126 Å². The molecule has 20 heavy (non-hydrogen) atoms. The van der Waals surface area contributed by atoms with E-state index in [1.54, 1.807) is 31.5 Å². The molecule has 2 rings (SSSR count). The van der Waals surface area contributed by atoms with Gasteiger partial charge >= 0.3 is 5.97 Å². The van der Waals surface area contributed by atoms with Gasteiger partial charge in [0.05, 0.1) is 12.2 Å². The molecule has 0 aliphatic heterocycles. The SMILES string of the molecule is Cc1c(N)cc(Br)cc1C(=O)OCCc1cccnc1. The van der Waals surface area contributed by atoms with Crippen LogP contribution < -0.4 is 5.73 Å². The molecule has 0 amide bonds. The molecule has 0 bridgehead atoms. The molecule has 2 N–H and O–H groups in total. The van der Waals surface area contributed by atoms with Crippen LogP contribution in [0.25, 0.3) is 0 Å². The minimum Gasteiger partial charge on any atom is -0.462 e. The molecule has 0 spiro atoms. The molecule has 4 nitrogen and oxygen atoms in total. The van der Waals surface area contributed by atoms with Crippen molar-refractivity contribution in [3.8, 4) is 0 Å². The molecule has 0 atom stereocenters. The summed E-state index contributed by atoms with van der Waals surface area (Å²) in [6, 6.07) is 7.29. The van der Waals surface area contributed by atoms with Crippen molar-refractivity contribution in [2.45, 2.75) is 13.3 Å². The molecular formula is C15H15BrN2O2. The lowest BCUT2D eigenvalue weighted by molar-refractivity contribution is 0.0508. The first-order valence-corrected chi connectivity index (χ1v) is 6.99. The van der Waals surface area contributed by atoms with Gasteiger partial charge in [-0.2, -0.15) is 0 Å². The maximum absolute atomic E-state index is 12.0. The third-order valence-electron chi connectivity index (χ3n) is 2.98. The minimum atomic E-state index is -0.362. The van der Waals surface area contributed by atoms with Crippen molar-refractivity contribution in [2.75, 3.05) is 12.3 Å². The van der Waals surface area contributed by atoms with Gasteiger partial charge in [-0.05, 0) is 36.2 Å². The first-order valence-electron chi connectivity index (χ1n) is 6.19. The van der Waals surface area contributed by atoms with E-state index in [1.165, 1.54) is 0 Å². The fraction of sp³-hybridized carbons (Fsp3) is 0.200. The summed E-state index contributed by atoms with van der Waals surface area (Å²) in [4.78, 5) is 16.1. The van der Waals surface area contributed by atoms with Crippen LogP contribution in [0, 0.1) is 6.92 Å². The normalized spacial score (nSPS) is 10.3. The number of rotatable bonds is 4. The Hall–Kier alpha value is -1.88. The molecule has 1 heterocycles. The molecule has 1 aromatic heterocycles. The van der Waals surface area contributed by atoms with Crippen molar-refractivity contribution in [1.29, 1.82) is 0 Å². The summed E-state index contributed by atoms with van der Waals surface area (Å²) in [5.74, 6) is -0.362. The van der Waals surface area contributed by atoms with Gasteiger partial charge in [0.2, 0.25) is 0 Å². The highest BCUT2D eigenvalue weighted by atomic mass is 79.9. The average Bonchev–Trinajstić information content (AvgIpc) is 2.44. The van der Waals surface area contributed by atoms with E-state index in [1.807, 2.05) is 12.1 Å². The van der Waals surface area contributed by atoms with Gasteiger partial charge in [-0.15, -0.1) is 0 Å². The minimum absolute atomic E-state index is 0.316. The number of nitrogen functional groups attached to an aromatic ring is 1. The van der Waals surface area contributed by atoms with E-state index in [0.29, 0.717) is 24.3 Å². The van der Waals surface area contributed by atoms with Gasteiger partial charge in [-0.3, -0.25) is 4.98 Å². The standard InChI is InChI=1S/C15H15BrN2O2/c1-10-13(7-12(16)8-14(10)17)15(19)20-6-4-11-3-2-5-18-9-11/h2-3,5,7-9H,4,6,17H2,1H3. The fourth-order valence-corrected chi connectivity index (χ4v) is 2.27. The Kier molecular flexibility index (Phi) is 4.74. The molecule has 2 aromatic rings. The lowest BCUT2D eigenvalue weighted by atomic mass is 10.1. The van der Waals surface area contributed by atoms with Crippen LogP contribution in [0.15, 0.2) is 41.1 Å². The second-order valence-electron chi connectivity index (χ2n) is 4.41.